The van der Waals surface area contributed by atoms with Gasteiger partial charge in [-0.3, -0.25) is 10.7 Å². The van der Waals surface area contributed by atoms with Crippen molar-refractivity contribution in [2.24, 2.45) is 0 Å². The van der Waals surface area contributed by atoms with E-state index in [2.05, 4.69) is 22.7 Å². The molecule has 0 saturated heterocycles. The molecule has 1 amide bonds. The number of ether oxygens (including phenoxy) is 1. The van der Waals surface area contributed by atoms with Crippen LogP contribution in [0.4, 0.5) is 4.79 Å². The lowest BCUT2D eigenvalue weighted by atomic mass is 10.2. The lowest BCUT2D eigenvalue weighted by Crippen LogP contribution is -2.30. The van der Waals surface area contributed by atoms with E-state index in [9.17, 15) is 4.79 Å². The zero-order chi connectivity index (χ0) is 11.3. The highest BCUT2D eigenvalue weighted by Gasteiger charge is 2.06. The molecule has 0 spiro atoms. The molecule has 1 radical (unpaired) electrons. The van der Waals surface area contributed by atoms with Gasteiger partial charge in [0, 0.05) is 5.56 Å². The molecule has 0 saturated carbocycles. The van der Waals surface area contributed by atoms with Crippen molar-refractivity contribution in [2.45, 2.75) is 6.92 Å². The van der Waals surface area contributed by atoms with Crippen LogP contribution in [0.1, 0.15) is 12.5 Å². The molecule has 0 fully saturated rings. The Labute approximate surface area is 88.1 Å². The van der Waals surface area contributed by atoms with Gasteiger partial charge in [0.1, 0.15) is 5.84 Å². The summed E-state index contributed by atoms with van der Waals surface area (Å²) >= 11 is 0. The van der Waals surface area contributed by atoms with Crippen molar-refractivity contribution in [3.8, 4) is 0 Å². The lowest BCUT2D eigenvalue weighted by molar-refractivity contribution is 0.182. The highest BCUT2D eigenvalue weighted by atomic mass is 16.6. The number of amidine groups is 1. The van der Waals surface area contributed by atoms with Gasteiger partial charge in [0.15, 0.2) is 0 Å². The Hall–Kier alpha value is -2.10. The molecule has 4 nitrogen and oxygen atoms in total. The number of hydrogen-bond acceptors (Lipinski definition) is 3. The number of hydrogen-bond donors (Lipinski definition) is 2. The summed E-state index contributed by atoms with van der Waals surface area (Å²) in [7, 11) is 0. The summed E-state index contributed by atoms with van der Waals surface area (Å²) in [4.78, 5) is 11.1. The molecule has 1 rings (SSSR count). The van der Waals surface area contributed by atoms with Crippen LogP contribution < -0.4 is 5.32 Å². The van der Waals surface area contributed by atoms with Crippen molar-refractivity contribution in [3.05, 3.63) is 48.2 Å². The second kappa shape index (κ2) is 4.95. The summed E-state index contributed by atoms with van der Waals surface area (Å²) in [6, 6.07) is 9.48. The maximum absolute atomic E-state index is 11.1. The summed E-state index contributed by atoms with van der Waals surface area (Å²) in [5.74, 6) is 0.261. The molecule has 4 heteroatoms. The second-order valence-electron chi connectivity index (χ2n) is 2.88. The van der Waals surface area contributed by atoms with E-state index in [0.29, 0.717) is 5.56 Å². The van der Waals surface area contributed by atoms with Gasteiger partial charge in [0.25, 0.3) is 0 Å². The Morgan fingerprint density at radius 1 is 1.53 bits per heavy atom. The first-order chi connectivity index (χ1) is 7.09. The molecule has 15 heavy (non-hydrogen) atoms. The fourth-order valence-electron chi connectivity index (χ4n) is 0.912. The van der Waals surface area contributed by atoms with Crippen molar-refractivity contribution >= 4 is 11.9 Å². The van der Waals surface area contributed by atoms with Crippen LogP contribution in [0.2, 0.25) is 0 Å². The first-order valence-electron chi connectivity index (χ1n) is 4.29. The van der Waals surface area contributed by atoms with Crippen LogP contribution in [0, 0.1) is 11.5 Å². The maximum Gasteiger partial charge on any atom is 0.417 e. The third-order valence-electron chi connectivity index (χ3n) is 1.50. The smallest absolute Gasteiger partial charge is 0.416 e. The number of nitrogens with one attached hydrogen (secondary N) is 2. The normalized spacial score (nSPS) is 9.13. The van der Waals surface area contributed by atoms with Gasteiger partial charge in [-0.2, -0.15) is 0 Å². The lowest BCUT2D eigenvalue weighted by Gasteiger charge is -2.06. The van der Waals surface area contributed by atoms with Crippen molar-refractivity contribution in [2.75, 3.05) is 0 Å². The summed E-state index contributed by atoms with van der Waals surface area (Å²) in [6.07, 6.45) is -0.708. The van der Waals surface area contributed by atoms with Gasteiger partial charge < -0.3 is 4.74 Å². The highest BCUT2D eigenvalue weighted by molar-refractivity contribution is 6.04. The number of carbonyl (C=O) groups is 1. The molecular formula is C11H11N2O2. The number of rotatable bonds is 2. The van der Waals surface area contributed by atoms with Crippen LogP contribution in [-0.2, 0) is 4.74 Å². The van der Waals surface area contributed by atoms with Crippen LogP contribution in [0.25, 0.3) is 0 Å². The second-order valence-corrected chi connectivity index (χ2v) is 2.88. The van der Waals surface area contributed by atoms with E-state index in [-0.39, 0.29) is 11.6 Å². The monoisotopic (exact) mass is 203 g/mol. The van der Waals surface area contributed by atoms with Crippen LogP contribution in [-0.4, -0.2) is 11.9 Å². The van der Waals surface area contributed by atoms with Crippen molar-refractivity contribution < 1.29 is 9.53 Å². The molecule has 77 valence electrons. The van der Waals surface area contributed by atoms with E-state index in [1.807, 2.05) is 0 Å². The number of alkyl carbamates (subject to hydrolysis) is 1. The third kappa shape index (κ3) is 3.64. The van der Waals surface area contributed by atoms with Gasteiger partial charge in [-0.05, 0) is 13.0 Å². The Balaban J connectivity index is 2.57. The molecule has 0 aromatic heterocycles. The van der Waals surface area contributed by atoms with E-state index in [4.69, 9.17) is 5.41 Å². The number of allylic oxidation sites excluding steroid dienone is 1. The summed E-state index contributed by atoms with van der Waals surface area (Å²) < 4.78 is 4.65. The van der Waals surface area contributed by atoms with E-state index >= 15 is 0 Å². The highest BCUT2D eigenvalue weighted by Crippen LogP contribution is 1.98. The molecule has 0 bridgehead atoms. The molecule has 1 aromatic rings. The molecule has 0 aliphatic carbocycles. The Morgan fingerprint density at radius 3 is 2.67 bits per heavy atom. The van der Waals surface area contributed by atoms with Crippen LogP contribution in [0.5, 0.6) is 0 Å². The van der Waals surface area contributed by atoms with Gasteiger partial charge in [0.05, 0.1) is 5.76 Å². The zero-order valence-corrected chi connectivity index (χ0v) is 8.33. The minimum atomic E-state index is -0.708. The predicted octanol–water partition coefficient (Wildman–Crippen LogP) is 2.07. The molecule has 0 unspecified atom stereocenters. The van der Waals surface area contributed by atoms with Gasteiger partial charge >= 0.3 is 6.09 Å². The van der Waals surface area contributed by atoms with Crippen molar-refractivity contribution in [1.82, 2.24) is 5.32 Å². The minimum Gasteiger partial charge on any atom is -0.416 e. The van der Waals surface area contributed by atoms with Gasteiger partial charge in [-0.1, -0.05) is 30.8 Å². The van der Waals surface area contributed by atoms with E-state index in [0.717, 1.165) is 0 Å². The van der Waals surface area contributed by atoms with E-state index in [1.165, 1.54) is 0 Å². The topological polar surface area (TPSA) is 62.2 Å². The summed E-state index contributed by atoms with van der Waals surface area (Å²) in [5.41, 5.74) is 0.590. The number of benzene rings is 1. The fraction of sp³-hybridized carbons (Fsp3) is 0.0909. The standard InChI is InChI=1S/C11H11N2O2/c1-8(2)15-11(14)13-10(12)9-6-4-3-5-7-9/h4-7H,1H2,2H3,(H2,12,13,14). The first kappa shape index (κ1) is 11.0. The fourth-order valence-corrected chi connectivity index (χ4v) is 0.912. The molecule has 0 heterocycles. The van der Waals surface area contributed by atoms with Crippen molar-refractivity contribution in [3.63, 3.8) is 0 Å². The predicted molar refractivity (Wildman–Crippen MR) is 56.5 cm³/mol. The number of carbonyl (C=O) groups excluding carboxylic acids is 1. The zero-order valence-electron chi connectivity index (χ0n) is 8.33. The van der Waals surface area contributed by atoms with E-state index in [1.54, 1.807) is 31.2 Å². The van der Waals surface area contributed by atoms with Gasteiger partial charge in [-0.25, -0.2) is 4.79 Å². The average molecular weight is 203 g/mol. The Morgan fingerprint density at radius 2 is 2.13 bits per heavy atom. The summed E-state index contributed by atoms with van der Waals surface area (Å²) in [5, 5.41) is 9.82. The average Bonchev–Trinajstić information content (AvgIpc) is 2.17. The molecule has 1 aromatic carbocycles. The molecule has 2 N–H and O–H groups in total. The third-order valence-corrected chi connectivity index (χ3v) is 1.50. The molecule has 0 aliphatic rings. The van der Waals surface area contributed by atoms with Crippen molar-refractivity contribution in [1.29, 1.82) is 5.41 Å². The number of amides is 1. The minimum absolute atomic E-state index is 0.0183. The van der Waals surface area contributed by atoms with Gasteiger partial charge in [0.2, 0.25) is 0 Å². The van der Waals surface area contributed by atoms with E-state index < -0.39 is 6.09 Å². The summed E-state index contributed by atoms with van der Waals surface area (Å²) in [6.45, 7) is 4.97. The van der Waals surface area contributed by atoms with Crippen LogP contribution >= 0.6 is 0 Å². The largest absolute Gasteiger partial charge is 0.417 e. The Bertz CT molecular complexity index is 385. The van der Waals surface area contributed by atoms with Gasteiger partial charge in [-0.15, -0.1) is 0 Å². The Kier molecular flexibility index (Phi) is 3.62. The quantitative estimate of drug-likeness (QED) is 0.439. The SMILES string of the molecule is C=C(C)OC(=O)NC(=N)c1cc[c]cc1. The molecule has 0 atom stereocenters. The first-order valence-corrected chi connectivity index (χ1v) is 4.29. The van der Waals surface area contributed by atoms with Crippen LogP contribution in [0.3, 0.4) is 0 Å². The molecule has 0 aliphatic heterocycles. The maximum atomic E-state index is 11.1. The van der Waals surface area contributed by atoms with Crippen LogP contribution in [0.15, 0.2) is 36.6 Å². The molecular weight excluding hydrogens is 192 g/mol.